The molecule has 0 spiro atoms. The van der Waals surface area contributed by atoms with E-state index in [1.165, 1.54) is 9.44 Å². The molecule has 2 aromatic heterocycles. The van der Waals surface area contributed by atoms with Gasteiger partial charge in [-0.3, -0.25) is 19.1 Å². The number of hydrogen-bond donors (Lipinski definition) is 2. The van der Waals surface area contributed by atoms with Crippen molar-refractivity contribution < 1.29 is 14.3 Å². The molecular weight excluding hydrogens is 460 g/mol. The van der Waals surface area contributed by atoms with Gasteiger partial charge in [-0.05, 0) is 48.3 Å². The fraction of sp³-hybridized carbons (Fsp3) is 0.435. The Kier molecular flexibility index (Phi) is 8.05. The third kappa shape index (κ3) is 5.59. The number of carbonyl (C=O) groups excluding carboxylic acids is 1. The predicted octanol–water partition coefficient (Wildman–Crippen LogP) is 2.96. The average Bonchev–Trinajstić information content (AvgIpc) is 3.36. The third-order valence-corrected chi connectivity index (χ3v) is 7.08. The first-order valence-corrected chi connectivity index (χ1v) is 12.3. The van der Waals surface area contributed by atoms with Gasteiger partial charge in [-0.15, -0.1) is 11.3 Å². The molecule has 1 amide bonds. The van der Waals surface area contributed by atoms with Crippen LogP contribution in [0.2, 0.25) is 0 Å². The van der Waals surface area contributed by atoms with Gasteiger partial charge in [0.2, 0.25) is 0 Å². The summed E-state index contributed by atoms with van der Waals surface area (Å²) in [5, 5.41) is 5.63. The first kappa shape index (κ1) is 23.8. The highest BCUT2D eigenvalue weighted by atomic mass is 32.1. The maximum absolute atomic E-state index is 13.0. The zero-order chi connectivity index (χ0) is 23.2. The summed E-state index contributed by atoms with van der Waals surface area (Å²) >= 11 is 7.07. The van der Waals surface area contributed by atoms with E-state index in [9.17, 15) is 9.59 Å². The molecule has 3 aromatic rings. The first-order chi connectivity index (χ1) is 16.1. The lowest BCUT2D eigenvalue weighted by Gasteiger charge is -2.34. The molecule has 0 bridgehead atoms. The van der Waals surface area contributed by atoms with E-state index in [1.54, 1.807) is 36.6 Å². The van der Waals surface area contributed by atoms with Crippen LogP contribution in [0.4, 0.5) is 0 Å². The van der Waals surface area contributed by atoms with Gasteiger partial charge in [0, 0.05) is 50.3 Å². The minimum absolute atomic E-state index is 0.100. The van der Waals surface area contributed by atoms with Crippen molar-refractivity contribution in [2.24, 2.45) is 0 Å². The van der Waals surface area contributed by atoms with Crippen molar-refractivity contribution in [1.29, 1.82) is 0 Å². The van der Waals surface area contributed by atoms with Gasteiger partial charge >= 0.3 is 0 Å². The summed E-state index contributed by atoms with van der Waals surface area (Å²) in [5.74, 6) is -0.185. The number of methoxy groups -OCH3 is 1. The van der Waals surface area contributed by atoms with Crippen molar-refractivity contribution in [3.05, 3.63) is 61.3 Å². The Bertz CT molecular complexity index is 1200. The predicted molar refractivity (Wildman–Crippen MR) is 132 cm³/mol. The molecule has 8 nitrogen and oxygen atoms in total. The second-order valence-corrected chi connectivity index (χ2v) is 9.25. The van der Waals surface area contributed by atoms with Crippen LogP contribution in [0, 0.1) is 4.77 Å². The van der Waals surface area contributed by atoms with Gasteiger partial charge in [-0.25, -0.2) is 0 Å². The number of amides is 1. The van der Waals surface area contributed by atoms with Crippen LogP contribution >= 0.6 is 23.6 Å². The monoisotopic (exact) mass is 488 g/mol. The van der Waals surface area contributed by atoms with Crippen LogP contribution < -0.4 is 10.9 Å². The molecule has 1 saturated heterocycles. The molecule has 1 atom stereocenters. The number of ether oxygens (including phenoxy) is 2. The normalized spacial score (nSPS) is 15.5. The Labute approximate surface area is 201 Å². The van der Waals surface area contributed by atoms with Crippen LogP contribution in [-0.4, -0.2) is 66.9 Å². The molecule has 10 heteroatoms. The van der Waals surface area contributed by atoms with Gasteiger partial charge in [-0.2, -0.15) is 0 Å². The summed E-state index contributed by atoms with van der Waals surface area (Å²) in [6.07, 6.45) is 0.689. The number of thiophene rings is 1. The second-order valence-electron chi connectivity index (χ2n) is 7.88. The fourth-order valence-corrected chi connectivity index (χ4v) is 5.18. The Hall–Kier alpha value is -2.37. The van der Waals surface area contributed by atoms with Gasteiger partial charge in [0.05, 0.1) is 30.2 Å². The molecule has 1 aliphatic heterocycles. The van der Waals surface area contributed by atoms with Gasteiger partial charge < -0.3 is 19.8 Å². The number of benzene rings is 1. The highest BCUT2D eigenvalue weighted by molar-refractivity contribution is 7.71. The number of rotatable bonds is 9. The smallest absolute Gasteiger partial charge is 0.262 e. The number of nitrogens with zero attached hydrogens (tertiary/aromatic N) is 2. The Morgan fingerprint density at radius 3 is 2.88 bits per heavy atom. The molecule has 1 fully saturated rings. The zero-order valence-electron chi connectivity index (χ0n) is 18.5. The molecular formula is C23H28N4O4S2. The van der Waals surface area contributed by atoms with Crippen molar-refractivity contribution in [3.8, 4) is 0 Å². The van der Waals surface area contributed by atoms with E-state index in [1.807, 2.05) is 6.07 Å². The van der Waals surface area contributed by atoms with E-state index in [0.29, 0.717) is 60.6 Å². The van der Waals surface area contributed by atoms with Crippen molar-refractivity contribution in [1.82, 2.24) is 19.8 Å². The van der Waals surface area contributed by atoms with E-state index < -0.39 is 0 Å². The van der Waals surface area contributed by atoms with Crippen molar-refractivity contribution in [2.45, 2.75) is 19.0 Å². The highest BCUT2D eigenvalue weighted by Crippen LogP contribution is 2.25. The third-order valence-electron chi connectivity index (χ3n) is 5.79. The summed E-state index contributed by atoms with van der Waals surface area (Å²) in [5.41, 5.74) is 0.877. The second kappa shape index (κ2) is 11.2. The van der Waals surface area contributed by atoms with E-state index in [0.717, 1.165) is 13.1 Å². The minimum atomic E-state index is -0.185. The fourth-order valence-electron chi connectivity index (χ4n) is 4.04. The average molecular weight is 489 g/mol. The summed E-state index contributed by atoms with van der Waals surface area (Å²) in [6.45, 7) is 4.59. The number of morpholine rings is 1. The highest BCUT2D eigenvalue weighted by Gasteiger charge is 2.24. The van der Waals surface area contributed by atoms with E-state index in [4.69, 9.17) is 21.7 Å². The number of hydrogen-bond acceptors (Lipinski definition) is 7. The number of H-pyrrole nitrogens is 1. The largest absolute Gasteiger partial charge is 0.385 e. The number of aromatic nitrogens is 2. The van der Waals surface area contributed by atoms with Crippen molar-refractivity contribution in [3.63, 3.8) is 0 Å². The van der Waals surface area contributed by atoms with Crippen LogP contribution in [0.5, 0.6) is 0 Å². The lowest BCUT2D eigenvalue weighted by Crippen LogP contribution is -2.43. The Morgan fingerprint density at radius 2 is 2.15 bits per heavy atom. The molecule has 0 radical (unpaired) electrons. The molecule has 33 heavy (non-hydrogen) atoms. The maximum Gasteiger partial charge on any atom is 0.262 e. The standard InChI is InChI=1S/C23H28N4O4S2/c1-30-10-3-7-27-22(29)17-6-5-16(14-18(17)25-23(27)32)21(28)24-15-19(20-4-2-13-33-20)26-8-11-31-12-9-26/h2,4-6,13-14,19H,3,7-12,15H2,1H3,(H,24,28)(H,25,32). The van der Waals surface area contributed by atoms with Gasteiger partial charge in [0.25, 0.3) is 11.5 Å². The van der Waals surface area contributed by atoms with E-state index in [2.05, 4.69) is 26.6 Å². The van der Waals surface area contributed by atoms with Crippen LogP contribution in [0.1, 0.15) is 27.7 Å². The summed E-state index contributed by atoms with van der Waals surface area (Å²) in [4.78, 5) is 32.5. The molecule has 1 aliphatic rings. The zero-order valence-corrected chi connectivity index (χ0v) is 20.2. The van der Waals surface area contributed by atoms with Crippen LogP contribution in [-0.2, 0) is 16.0 Å². The Morgan fingerprint density at radius 1 is 1.33 bits per heavy atom. The number of carbonyl (C=O) groups is 1. The lowest BCUT2D eigenvalue weighted by atomic mass is 10.1. The van der Waals surface area contributed by atoms with E-state index >= 15 is 0 Å². The molecule has 176 valence electrons. The molecule has 0 aliphatic carbocycles. The van der Waals surface area contributed by atoms with Crippen LogP contribution in [0.15, 0.2) is 40.5 Å². The van der Waals surface area contributed by atoms with Crippen LogP contribution in [0.25, 0.3) is 10.9 Å². The van der Waals surface area contributed by atoms with Crippen LogP contribution in [0.3, 0.4) is 0 Å². The topological polar surface area (TPSA) is 88.6 Å². The summed E-state index contributed by atoms with van der Waals surface area (Å²) < 4.78 is 12.4. The molecule has 3 heterocycles. The summed E-state index contributed by atoms with van der Waals surface area (Å²) in [7, 11) is 1.63. The molecule has 4 rings (SSSR count). The van der Waals surface area contributed by atoms with Crippen molar-refractivity contribution in [2.75, 3.05) is 46.6 Å². The number of aromatic amines is 1. The first-order valence-electron chi connectivity index (χ1n) is 11.0. The summed E-state index contributed by atoms with van der Waals surface area (Å²) in [6, 6.07) is 9.29. The van der Waals surface area contributed by atoms with E-state index in [-0.39, 0.29) is 17.5 Å². The van der Waals surface area contributed by atoms with Gasteiger partial charge in [-0.1, -0.05) is 6.07 Å². The molecule has 1 unspecified atom stereocenters. The number of fused-ring (bicyclic) bond motifs is 1. The maximum atomic E-state index is 13.0. The quantitative estimate of drug-likeness (QED) is 0.356. The SMILES string of the molecule is COCCCn1c(=S)[nH]c2cc(C(=O)NCC(c3cccs3)N3CCOCC3)ccc2c1=O. The van der Waals surface area contributed by atoms with Crippen molar-refractivity contribution >= 4 is 40.4 Å². The van der Waals surface area contributed by atoms with Gasteiger partial charge in [0.15, 0.2) is 4.77 Å². The molecule has 1 aromatic carbocycles. The molecule has 0 saturated carbocycles. The minimum Gasteiger partial charge on any atom is -0.385 e. The lowest BCUT2D eigenvalue weighted by molar-refractivity contribution is 0.0169. The van der Waals surface area contributed by atoms with Gasteiger partial charge in [0.1, 0.15) is 0 Å². The molecule has 2 N–H and O–H groups in total. The Balaban J connectivity index is 1.51. The number of nitrogens with one attached hydrogen (secondary N) is 2.